The van der Waals surface area contributed by atoms with Crippen LogP contribution in [0.15, 0.2) is 48.5 Å². The minimum Gasteiger partial charge on any atom is -0.406 e. The van der Waals surface area contributed by atoms with Gasteiger partial charge in [-0.05, 0) is 43.7 Å². The van der Waals surface area contributed by atoms with Gasteiger partial charge >= 0.3 is 12.4 Å². The molecular formula is C17H17F3N2O2. The van der Waals surface area contributed by atoms with Crippen LogP contribution in [-0.4, -0.2) is 12.4 Å². The second-order valence-electron chi connectivity index (χ2n) is 5.30. The molecule has 0 fully saturated rings. The summed E-state index contributed by atoms with van der Waals surface area (Å²) in [5.74, 6) is -0.303. The van der Waals surface area contributed by atoms with Gasteiger partial charge in [0.15, 0.2) is 0 Å². The average molecular weight is 338 g/mol. The maximum atomic E-state index is 12.1. The van der Waals surface area contributed by atoms with Gasteiger partial charge in [0.05, 0.1) is 6.04 Å². The SMILES string of the molecule is Cc1ccc(NC(=O)N[C@@H](C)c2ccc(OC(F)(F)F)cc2)cc1. The van der Waals surface area contributed by atoms with Gasteiger partial charge in [0, 0.05) is 5.69 Å². The maximum absolute atomic E-state index is 12.1. The molecule has 128 valence electrons. The molecule has 0 spiro atoms. The molecule has 0 aliphatic rings. The number of hydrogen-bond acceptors (Lipinski definition) is 2. The molecule has 2 rings (SSSR count). The molecule has 7 heteroatoms. The molecular weight excluding hydrogens is 321 g/mol. The normalized spacial score (nSPS) is 12.4. The van der Waals surface area contributed by atoms with Crippen LogP contribution in [0.25, 0.3) is 0 Å². The van der Waals surface area contributed by atoms with Gasteiger partial charge in [-0.25, -0.2) is 4.79 Å². The zero-order valence-electron chi connectivity index (χ0n) is 13.1. The van der Waals surface area contributed by atoms with Crippen LogP contribution in [0.3, 0.4) is 0 Å². The fourth-order valence-electron chi connectivity index (χ4n) is 2.04. The van der Waals surface area contributed by atoms with Crippen molar-refractivity contribution < 1.29 is 22.7 Å². The Labute approximate surface area is 137 Å². The number of hydrogen-bond donors (Lipinski definition) is 2. The van der Waals surface area contributed by atoms with Crippen molar-refractivity contribution in [1.29, 1.82) is 0 Å². The quantitative estimate of drug-likeness (QED) is 0.843. The van der Waals surface area contributed by atoms with E-state index in [0.29, 0.717) is 11.3 Å². The second kappa shape index (κ2) is 7.25. The van der Waals surface area contributed by atoms with Crippen molar-refractivity contribution in [3.05, 3.63) is 59.7 Å². The third-order valence-electron chi connectivity index (χ3n) is 3.27. The van der Waals surface area contributed by atoms with E-state index in [0.717, 1.165) is 5.56 Å². The summed E-state index contributed by atoms with van der Waals surface area (Å²) in [5.41, 5.74) is 2.39. The van der Waals surface area contributed by atoms with Crippen molar-refractivity contribution in [3.8, 4) is 5.75 Å². The van der Waals surface area contributed by atoms with E-state index >= 15 is 0 Å². The first-order valence-corrected chi connectivity index (χ1v) is 7.23. The summed E-state index contributed by atoms with van der Waals surface area (Å²) in [6.45, 7) is 3.67. The Bertz CT molecular complexity index is 682. The molecule has 1 atom stereocenters. The van der Waals surface area contributed by atoms with E-state index in [1.54, 1.807) is 19.1 Å². The number of carbonyl (C=O) groups is 1. The molecule has 2 aromatic rings. The highest BCUT2D eigenvalue weighted by molar-refractivity contribution is 5.89. The molecule has 0 bridgehead atoms. The lowest BCUT2D eigenvalue weighted by Gasteiger charge is -2.16. The number of halogens is 3. The molecule has 2 amide bonds. The van der Waals surface area contributed by atoms with E-state index in [4.69, 9.17) is 0 Å². The van der Waals surface area contributed by atoms with E-state index < -0.39 is 12.4 Å². The van der Waals surface area contributed by atoms with Crippen molar-refractivity contribution in [2.45, 2.75) is 26.3 Å². The zero-order valence-corrected chi connectivity index (χ0v) is 13.1. The first kappa shape index (κ1) is 17.7. The molecule has 0 saturated heterocycles. The molecule has 2 N–H and O–H groups in total. The lowest BCUT2D eigenvalue weighted by atomic mass is 10.1. The number of anilines is 1. The fraction of sp³-hybridized carbons (Fsp3) is 0.235. The van der Waals surface area contributed by atoms with Gasteiger partial charge < -0.3 is 15.4 Å². The number of nitrogens with one attached hydrogen (secondary N) is 2. The number of amides is 2. The minimum absolute atomic E-state index is 0.303. The summed E-state index contributed by atoms with van der Waals surface area (Å²) >= 11 is 0. The molecule has 0 heterocycles. The molecule has 0 radical (unpaired) electrons. The number of carbonyl (C=O) groups excluding carboxylic acids is 1. The molecule has 0 aliphatic heterocycles. The number of rotatable bonds is 4. The van der Waals surface area contributed by atoms with E-state index in [-0.39, 0.29) is 11.8 Å². The molecule has 4 nitrogen and oxygen atoms in total. The third kappa shape index (κ3) is 5.49. The van der Waals surface area contributed by atoms with E-state index in [9.17, 15) is 18.0 Å². The number of ether oxygens (including phenoxy) is 1. The molecule has 0 saturated carbocycles. The van der Waals surface area contributed by atoms with E-state index in [1.807, 2.05) is 19.1 Å². The van der Waals surface area contributed by atoms with Crippen molar-refractivity contribution in [1.82, 2.24) is 5.32 Å². The van der Waals surface area contributed by atoms with Gasteiger partial charge in [0.2, 0.25) is 0 Å². The first-order chi connectivity index (χ1) is 11.2. The summed E-state index contributed by atoms with van der Waals surface area (Å²) in [7, 11) is 0. The Morgan fingerprint density at radius 3 is 2.17 bits per heavy atom. The average Bonchev–Trinajstić information content (AvgIpc) is 2.48. The fourth-order valence-corrected chi connectivity index (χ4v) is 2.04. The summed E-state index contributed by atoms with van der Waals surface area (Å²) in [4.78, 5) is 11.9. The summed E-state index contributed by atoms with van der Waals surface area (Å²) in [6, 6.07) is 11.9. The third-order valence-corrected chi connectivity index (χ3v) is 3.27. The van der Waals surface area contributed by atoms with Crippen LogP contribution in [0.1, 0.15) is 24.1 Å². The van der Waals surface area contributed by atoms with Gasteiger partial charge in [0.1, 0.15) is 5.75 Å². The van der Waals surface area contributed by atoms with Crippen LogP contribution < -0.4 is 15.4 Å². The van der Waals surface area contributed by atoms with Crippen LogP contribution in [0.5, 0.6) is 5.75 Å². The molecule has 0 unspecified atom stereocenters. The van der Waals surface area contributed by atoms with Gasteiger partial charge in [-0.15, -0.1) is 13.2 Å². The second-order valence-corrected chi connectivity index (χ2v) is 5.30. The standard InChI is InChI=1S/C17H17F3N2O2/c1-11-3-7-14(8-4-11)22-16(23)21-12(2)13-5-9-15(10-6-13)24-17(18,19)20/h3-10,12H,1-2H3,(H2,21,22,23)/t12-/m0/s1. The summed E-state index contributed by atoms with van der Waals surface area (Å²) in [6.07, 6.45) is -4.72. The lowest BCUT2D eigenvalue weighted by molar-refractivity contribution is -0.274. The lowest BCUT2D eigenvalue weighted by Crippen LogP contribution is -2.31. The molecule has 0 aromatic heterocycles. The van der Waals surface area contributed by atoms with E-state index in [1.165, 1.54) is 24.3 Å². The van der Waals surface area contributed by atoms with Crippen LogP contribution in [0.4, 0.5) is 23.7 Å². The highest BCUT2D eigenvalue weighted by atomic mass is 19.4. The zero-order chi connectivity index (χ0) is 17.7. The van der Waals surface area contributed by atoms with Gasteiger partial charge in [-0.3, -0.25) is 0 Å². The van der Waals surface area contributed by atoms with Crippen LogP contribution >= 0.6 is 0 Å². The molecule has 24 heavy (non-hydrogen) atoms. The van der Waals surface area contributed by atoms with Crippen molar-refractivity contribution in [2.24, 2.45) is 0 Å². The highest BCUT2D eigenvalue weighted by Gasteiger charge is 2.31. The summed E-state index contributed by atoms with van der Waals surface area (Å²) in [5, 5.41) is 5.40. The Kier molecular flexibility index (Phi) is 5.33. The number of benzene rings is 2. The van der Waals surface area contributed by atoms with Crippen molar-refractivity contribution >= 4 is 11.7 Å². The predicted molar refractivity (Wildman–Crippen MR) is 84.9 cm³/mol. The maximum Gasteiger partial charge on any atom is 0.573 e. The largest absolute Gasteiger partial charge is 0.573 e. The Morgan fingerprint density at radius 1 is 1.04 bits per heavy atom. The van der Waals surface area contributed by atoms with Crippen LogP contribution in [-0.2, 0) is 0 Å². The van der Waals surface area contributed by atoms with Crippen LogP contribution in [0.2, 0.25) is 0 Å². The van der Waals surface area contributed by atoms with Crippen LogP contribution in [0, 0.1) is 6.92 Å². The highest BCUT2D eigenvalue weighted by Crippen LogP contribution is 2.24. The van der Waals surface area contributed by atoms with Gasteiger partial charge in [-0.1, -0.05) is 29.8 Å². The number of alkyl halides is 3. The number of aryl methyl sites for hydroxylation is 1. The first-order valence-electron chi connectivity index (χ1n) is 7.23. The van der Waals surface area contributed by atoms with Crippen molar-refractivity contribution in [3.63, 3.8) is 0 Å². The topological polar surface area (TPSA) is 50.4 Å². The minimum atomic E-state index is -4.72. The van der Waals surface area contributed by atoms with Gasteiger partial charge in [-0.2, -0.15) is 0 Å². The Morgan fingerprint density at radius 2 is 1.62 bits per heavy atom. The van der Waals surface area contributed by atoms with Gasteiger partial charge in [0.25, 0.3) is 0 Å². The Hall–Kier alpha value is -2.70. The van der Waals surface area contributed by atoms with E-state index in [2.05, 4.69) is 15.4 Å². The van der Waals surface area contributed by atoms with Crippen molar-refractivity contribution in [2.75, 3.05) is 5.32 Å². The molecule has 2 aromatic carbocycles. The molecule has 0 aliphatic carbocycles. The monoisotopic (exact) mass is 338 g/mol. The smallest absolute Gasteiger partial charge is 0.406 e. The number of urea groups is 1. The predicted octanol–water partition coefficient (Wildman–Crippen LogP) is 4.78. The summed E-state index contributed by atoms with van der Waals surface area (Å²) < 4.78 is 40.2. The Balaban J connectivity index is 1.92.